The van der Waals surface area contributed by atoms with E-state index in [0.29, 0.717) is 0 Å². The number of nitrogens with zero attached hydrogens (tertiary/aromatic N) is 1. The lowest BCUT2D eigenvalue weighted by atomic mass is 10.1. The maximum absolute atomic E-state index is 11.5. The maximum atomic E-state index is 11.5. The molecule has 0 saturated heterocycles. The molecule has 14 heavy (non-hydrogen) atoms. The molecule has 0 spiro atoms. The Hall–Kier alpha value is -1.51. The summed E-state index contributed by atoms with van der Waals surface area (Å²) in [5.74, 6) is 0. The number of hydrogen-bond acceptors (Lipinski definition) is 2. The van der Waals surface area contributed by atoms with Crippen LogP contribution < -0.4 is 4.90 Å². The highest BCUT2D eigenvalue weighted by atomic mass is 16.5. The van der Waals surface area contributed by atoms with Crippen LogP contribution in [-0.2, 0) is 11.2 Å². The van der Waals surface area contributed by atoms with E-state index in [9.17, 15) is 4.79 Å². The van der Waals surface area contributed by atoms with E-state index in [1.165, 1.54) is 12.7 Å². The smallest absolute Gasteiger partial charge is 0.414 e. The van der Waals surface area contributed by atoms with E-state index in [0.717, 1.165) is 12.1 Å². The van der Waals surface area contributed by atoms with Crippen molar-refractivity contribution >= 4 is 11.8 Å². The standard InChI is InChI=1S/C11H13NO2/c1-8-7-9-5-3-4-6-10(9)12(8)11(13)14-2/h3-6,8H,7H2,1-2H3/t8-/m1/s1. The van der Waals surface area contributed by atoms with Gasteiger partial charge in [-0.25, -0.2) is 4.79 Å². The average molecular weight is 191 g/mol. The van der Waals surface area contributed by atoms with Gasteiger partial charge in [0.1, 0.15) is 0 Å². The number of fused-ring (bicyclic) bond motifs is 1. The number of ether oxygens (including phenoxy) is 1. The van der Waals surface area contributed by atoms with Crippen LogP contribution in [0.1, 0.15) is 12.5 Å². The summed E-state index contributed by atoms with van der Waals surface area (Å²) in [5, 5.41) is 0. The zero-order chi connectivity index (χ0) is 10.1. The van der Waals surface area contributed by atoms with E-state index >= 15 is 0 Å². The van der Waals surface area contributed by atoms with E-state index in [2.05, 4.69) is 6.07 Å². The number of anilines is 1. The minimum Gasteiger partial charge on any atom is -0.452 e. The Morgan fingerprint density at radius 2 is 2.21 bits per heavy atom. The zero-order valence-corrected chi connectivity index (χ0v) is 8.36. The third kappa shape index (κ3) is 1.25. The first kappa shape index (κ1) is 9.06. The molecule has 0 fully saturated rings. The van der Waals surface area contributed by atoms with Gasteiger partial charge in [-0.05, 0) is 25.0 Å². The Morgan fingerprint density at radius 1 is 1.50 bits per heavy atom. The second kappa shape index (κ2) is 3.33. The van der Waals surface area contributed by atoms with Crippen LogP contribution >= 0.6 is 0 Å². The van der Waals surface area contributed by atoms with Gasteiger partial charge in [0.15, 0.2) is 0 Å². The number of hydrogen-bond donors (Lipinski definition) is 0. The molecule has 74 valence electrons. The van der Waals surface area contributed by atoms with Crippen molar-refractivity contribution in [2.75, 3.05) is 12.0 Å². The van der Waals surface area contributed by atoms with Gasteiger partial charge in [-0.2, -0.15) is 0 Å². The molecule has 0 saturated carbocycles. The SMILES string of the molecule is COC(=O)N1c2ccccc2C[C@H]1C. The Kier molecular flexibility index (Phi) is 2.15. The van der Waals surface area contributed by atoms with E-state index in [4.69, 9.17) is 4.74 Å². The second-order valence-electron chi connectivity index (χ2n) is 3.52. The Balaban J connectivity index is 2.39. The van der Waals surface area contributed by atoms with Gasteiger partial charge in [-0.15, -0.1) is 0 Å². The van der Waals surface area contributed by atoms with Gasteiger partial charge in [-0.1, -0.05) is 18.2 Å². The summed E-state index contributed by atoms with van der Waals surface area (Å²) in [4.78, 5) is 13.2. The number of rotatable bonds is 0. The van der Waals surface area contributed by atoms with Gasteiger partial charge in [-0.3, -0.25) is 4.90 Å². The molecule has 0 N–H and O–H groups in total. The molecule has 2 rings (SSSR count). The molecule has 1 aliphatic rings. The molecule has 3 heteroatoms. The molecule has 1 atom stereocenters. The lowest BCUT2D eigenvalue weighted by Gasteiger charge is -2.20. The second-order valence-corrected chi connectivity index (χ2v) is 3.52. The van der Waals surface area contributed by atoms with Crippen molar-refractivity contribution in [3.05, 3.63) is 29.8 Å². The summed E-state index contributed by atoms with van der Waals surface area (Å²) < 4.78 is 4.75. The molecule has 1 aromatic carbocycles. The molecule has 3 nitrogen and oxygen atoms in total. The van der Waals surface area contributed by atoms with Crippen LogP contribution in [-0.4, -0.2) is 19.2 Å². The normalized spacial score (nSPS) is 19.3. The van der Waals surface area contributed by atoms with Gasteiger partial charge in [0, 0.05) is 6.04 Å². The summed E-state index contributed by atoms with van der Waals surface area (Å²) >= 11 is 0. The topological polar surface area (TPSA) is 29.5 Å². The molecular weight excluding hydrogens is 178 g/mol. The van der Waals surface area contributed by atoms with Crippen molar-refractivity contribution in [1.82, 2.24) is 0 Å². The minimum absolute atomic E-state index is 0.194. The van der Waals surface area contributed by atoms with E-state index < -0.39 is 0 Å². The molecular formula is C11H13NO2. The number of methoxy groups -OCH3 is 1. The number of para-hydroxylation sites is 1. The molecule has 0 aromatic heterocycles. The summed E-state index contributed by atoms with van der Waals surface area (Å²) in [6.45, 7) is 2.02. The number of benzene rings is 1. The third-order valence-corrected chi connectivity index (χ3v) is 2.58. The fourth-order valence-electron chi connectivity index (χ4n) is 1.94. The van der Waals surface area contributed by atoms with Gasteiger partial charge in [0.25, 0.3) is 0 Å². The molecule has 1 heterocycles. The molecule has 0 radical (unpaired) electrons. The molecule has 0 unspecified atom stereocenters. The van der Waals surface area contributed by atoms with Crippen LogP contribution in [0.5, 0.6) is 0 Å². The largest absolute Gasteiger partial charge is 0.452 e. The fraction of sp³-hybridized carbons (Fsp3) is 0.364. The monoisotopic (exact) mass is 191 g/mol. The summed E-state index contributed by atoms with van der Waals surface area (Å²) in [6, 6.07) is 8.13. The number of carbonyl (C=O) groups is 1. The summed E-state index contributed by atoms with van der Waals surface area (Å²) in [6.07, 6.45) is 0.633. The lowest BCUT2D eigenvalue weighted by Crippen LogP contribution is -2.35. The van der Waals surface area contributed by atoms with E-state index in [1.807, 2.05) is 25.1 Å². The number of amides is 1. The predicted molar refractivity (Wildman–Crippen MR) is 54.5 cm³/mol. The third-order valence-electron chi connectivity index (χ3n) is 2.58. The summed E-state index contributed by atoms with van der Waals surface area (Å²) in [7, 11) is 1.41. The highest BCUT2D eigenvalue weighted by molar-refractivity contribution is 5.91. The Bertz CT molecular complexity index is 362. The van der Waals surface area contributed by atoms with E-state index in [1.54, 1.807) is 4.90 Å². The van der Waals surface area contributed by atoms with Crippen LogP contribution in [0.2, 0.25) is 0 Å². The first-order valence-corrected chi connectivity index (χ1v) is 4.69. The van der Waals surface area contributed by atoms with Crippen molar-refractivity contribution in [1.29, 1.82) is 0 Å². The van der Waals surface area contributed by atoms with Crippen molar-refractivity contribution in [3.63, 3.8) is 0 Å². The van der Waals surface area contributed by atoms with Gasteiger partial charge in [0.2, 0.25) is 0 Å². The van der Waals surface area contributed by atoms with Crippen molar-refractivity contribution in [3.8, 4) is 0 Å². The highest BCUT2D eigenvalue weighted by Crippen LogP contribution is 2.31. The van der Waals surface area contributed by atoms with Crippen molar-refractivity contribution in [2.24, 2.45) is 0 Å². The molecule has 1 aromatic rings. The highest BCUT2D eigenvalue weighted by Gasteiger charge is 2.30. The fourth-order valence-corrected chi connectivity index (χ4v) is 1.94. The average Bonchev–Trinajstić information content (AvgIpc) is 2.53. The van der Waals surface area contributed by atoms with Crippen molar-refractivity contribution in [2.45, 2.75) is 19.4 Å². The van der Waals surface area contributed by atoms with Gasteiger partial charge >= 0.3 is 6.09 Å². The van der Waals surface area contributed by atoms with Crippen molar-refractivity contribution < 1.29 is 9.53 Å². The molecule has 0 bridgehead atoms. The van der Waals surface area contributed by atoms with Crippen LogP contribution in [0.4, 0.5) is 10.5 Å². The van der Waals surface area contributed by atoms with Gasteiger partial charge < -0.3 is 4.74 Å². The molecule has 1 aliphatic heterocycles. The van der Waals surface area contributed by atoms with Crippen LogP contribution in [0.25, 0.3) is 0 Å². The predicted octanol–water partition coefficient (Wildman–Crippen LogP) is 2.20. The van der Waals surface area contributed by atoms with E-state index in [-0.39, 0.29) is 12.1 Å². The molecule has 1 amide bonds. The first-order valence-electron chi connectivity index (χ1n) is 4.69. The minimum atomic E-state index is -0.276. The summed E-state index contributed by atoms with van der Waals surface area (Å²) in [5.41, 5.74) is 2.19. The van der Waals surface area contributed by atoms with Crippen LogP contribution in [0.15, 0.2) is 24.3 Å². The maximum Gasteiger partial charge on any atom is 0.414 e. The Morgan fingerprint density at radius 3 is 2.93 bits per heavy atom. The van der Waals surface area contributed by atoms with Gasteiger partial charge in [0.05, 0.1) is 12.8 Å². The van der Waals surface area contributed by atoms with Crippen LogP contribution in [0.3, 0.4) is 0 Å². The first-order chi connectivity index (χ1) is 6.74. The quantitative estimate of drug-likeness (QED) is 0.629. The zero-order valence-electron chi connectivity index (χ0n) is 8.36. The lowest BCUT2D eigenvalue weighted by molar-refractivity contribution is 0.177. The van der Waals surface area contributed by atoms with Crippen LogP contribution in [0, 0.1) is 0 Å². The Labute approximate surface area is 83.3 Å². The number of carbonyl (C=O) groups excluding carboxylic acids is 1. The molecule has 0 aliphatic carbocycles.